The van der Waals surface area contributed by atoms with Crippen LogP contribution in [0.1, 0.15) is 57.2 Å². The van der Waals surface area contributed by atoms with E-state index in [4.69, 9.17) is 4.74 Å². The van der Waals surface area contributed by atoms with Crippen molar-refractivity contribution in [3.63, 3.8) is 0 Å². The van der Waals surface area contributed by atoms with Gasteiger partial charge in [0.15, 0.2) is 0 Å². The SMILES string of the molecule is CCCNCc1cc(CCC)nc(OC2CCC2)c1. The molecule has 0 atom stereocenters. The predicted octanol–water partition coefficient (Wildman–Crippen LogP) is 3.47. The van der Waals surface area contributed by atoms with Crippen molar-refractivity contribution in [2.24, 2.45) is 0 Å². The fourth-order valence-electron chi connectivity index (χ4n) is 2.24. The van der Waals surface area contributed by atoms with Crippen LogP contribution >= 0.6 is 0 Å². The fourth-order valence-corrected chi connectivity index (χ4v) is 2.24. The molecule has 3 heteroatoms. The van der Waals surface area contributed by atoms with Crippen molar-refractivity contribution in [3.05, 3.63) is 23.4 Å². The molecule has 1 aliphatic carbocycles. The van der Waals surface area contributed by atoms with Crippen molar-refractivity contribution < 1.29 is 4.74 Å². The molecule has 0 bridgehead atoms. The number of nitrogens with zero attached hydrogens (tertiary/aromatic N) is 1. The number of aryl methyl sites for hydroxylation is 1. The lowest BCUT2D eigenvalue weighted by Crippen LogP contribution is -2.25. The van der Waals surface area contributed by atoms with Gasteiger partial charge in [0, 0.05) is 18.3 Å². The van der Waals surface area contributed by atoms with Gasteiger partial charge >= 0.3 is 0 Å². The first-order valence-corrected chi connectivity index (χ1v) is 7.69. The highest BCUT2D eigenvalue weighted by Gasteiger charge is 2.20. The van der Waals surface area contributed by atoms with Gasteiger partial charge in [-0.1, -0.05) is 20.3 Å². The van der Waals surface area contributed by atoms with Crippen LogP contribution in [0, 0.1) is 0 Å². The molecule has 0 radical (unpaired) electrons. The number of aromatic nitrogens is 1. The third kappa shape index (κ3) is 4.50. The third-order valence-electron chi connectivity index (χ3n) is 3.52. The van der Waals surface area contributed by atoms with Gasteiger partial charge in [-0.25, -0.2) is 4.98 Å². The number of hydrogen-bond acceptors (Lipinski definition) is 3. The highest BCUT2D eigenvalue weighted by molar-refractivity contribution is 5.25. The second-order valence-electron chi connectivity index (χ2n) is 5.40. The number of ether oxygens (including phenoxy) is 1. The lowest BCUT2D eigenvalue weighted by Gasteiger charge is -2.26. The monoisotopic (exact) mass is 262 g/mol. The van der Waals surface area contributed by atoms with E-state index in [0.29, 0.717) is 6.10 Å². The van der Waals surface area contributed by atoms with Crippen molar-refractivity contribution in [2.75, 3.05) is 6.54 Å². The molecule has 0 aromatic carbocycles. The molecule has 106 valence electrons. The summed E-state index contributed by atoms with van der Waals surface area (Å²) in [5.74, 6) is 0.823. The maximum absolute atomic E-state index is 5.95. The van der Waals surface area contributed by atoms with Gasteiger partial charge < -0.3 is 10.1 Å². The zero-order valence-electron chi connectivity index (χ0n) is 12.2. The Balaban J connectivity index is 2.02. The number of nitrogens with one attached hydrogen (secondary N) is 1. The van der Waals surface area contributed by atoms with Crippen LogP contribution < -0.4 is 10.1 Å². The van der Waals surface area contributed by atoms with Crippen LogP contribution in [-0.4, -0.2) is 17.6 Å². The first-order valence-electron chi connectivity index (χ1n) is 7.69. The van der Waals surface area contributed by atoms with E-state index in [-0.39, 0.29) is 0 Å². The normalized spacial score (nSPS) is 15.3. The number of hydrogen-bond donors (Lipinski definition) is 1. The average Bonchev–Trinajstić information content (AvgIpc) is 2.35. The topological polar surface area (TPSA) is 34.2 Å². The Bertz CT molecular complexity index is 388. The van der Waals surface area contributed by atoms with E-state index in [0.717, 1.165) is 37.5 Å². The molecular formula is C16H26N2O. The molecule has 1 aliphatic rings. The molecule has 0 saturated heterocycles. The van der Waals surface area contributed by atoms with Crippen LogP contribution in [-0.2, 0) is 13.0 Å². The molecule has 0 unspecified atom stereocenters. The standard InChI is InChI=1S/C16H26N2O/c1-3-6-14-10-13(12-17-9-4-2)11-16(18-14)19-15-7-5-8-15/h10-11,15,17H,3-9,12H2,1-2H3. The second kappa shape index (κ2) is 7.49. The van der Waals surface area contributed by atoms with Gasteiger partial charge in [0.1, 0.15) is 6.10 Å². The zero-order chi connectivity index (χ0) is 13.5. The molecule has 1 aromatic heterocycles. The summed E-state index contributed by atoms with van der Waals surface area (Å²) in [7, 11) is 0. The Morgan fingerprint density at radius 3 is 2.74 bits per heavy atom. The van der Waals surface area contributed by atoms with E-state index >= 15 is 0 Å². The van der Waals surface area contributed by atoms with Crippen LogP contribution in [0.5, 0.6) is 5.88 Å². The molecule has 2 rings (SSSR count). The Labute approximate surface area is 116 Å². The lowest BCUT2D eigenvalue weighted by atomic mass is 9.96. The molecular weight excluding hydrogens is 236 g/mol. The minimum atomic E-state index is 0.404. The van der Waals surface area contributed by atoms with Gasteiger partial charge in [-0.15, -0.1) is 0 Å². The van der Waals surface area contributed by atoms with E-state index in [1.54, 1.807) is 0 Å². The van der Waals surface area contributed by atoms with E-state index < -0.39 is 0 Å². The van der Waals surface area contributed by atoms with Gasteiger partial charge in [-0.05, 0) is 50.3 Å². The van der Waals surface area contributed by atoms with Gasteiger partial charge in [0.05, 0.1) is 0 Å². The van der Waals surface area contributed by atoms with Gasteiger partial charge in [0.25, 0.3) is 0 Å². The van der Waals surface area contributed by atoms with Gasteiger partial charge in [-0.3, -0.25) is 0 Å². The summed E-state index contributed by atoms with van der Waals surface area (Å²) in [6, 6.07) is 4.31. The highest BCUT2D eigenvalue weighted by Crippen LogP contribution is 2.25. The van der Waals surface area contributed by atoms with Crippen molar-refractivity contribution in [1.82, 2.24) is 10.3 Å². The molecule has 19 heavy (non-hydrogen) atoms. The largest absolute Gasteiger partial charge is 0.474 e. The summed E-state index contributed by atoms with van der Waals surface area (Å²) in [6.07, 6.45) is 7.39. The van der Waals surface area contributed by atoms with E-state index in [9.17, 15) is 0 Å². The Morgan fingerprint density at radius 1 is 1.26 bits per heavy atom. The Kier molecular flexibility index (Phi) is 5.64. The minimum Gasteiger partial charge on any atom is -0.474 e. The molecule has 0 aliphatic heterocycles. The number of rotatable bonds is 8. The maximum atomic E-state index is 5.95. The van der Waals surface area contributed by atoms with E-state index in [2.05, 4.69) is 36.3 Å². The van der Waals surface area contributed by atoms with Crippen molar-refractivity contribution >= 4 is 0 Å². The summed E-state index contributed by atoms with van der Waals surface area (Å²) in [5, 5.41) is 3.45. The Morgan fingerprint density at radius 2 is 2.11 bits per heavy atom. The van der Waals surface area contributed by atoms with E-state index in [1.165, 1.54) is 31.2 Å². The summed E-state index contributed by atoms with van der Waals surface area (Å²) in [5.41, 5.74) is 2.45. The summed E-state index contributed by atoms with van der Waals surface area (Å²) in [4.78, 5) is 4.62. The molecule has 3 nitrogen and oxygen atoms in total. The van der Waals surface area contributed by atoms with Crippen LogP contribution in [0.3, 0.4) is 0 Å². The Hall–Kier alpha value is -1.09. The highest BCUT2D eigenvalue weighted by atomic mass is 16.5. The van der Waals surface area contributed by atoms with E-state index in [1.807, 2.05) is 0 Å². The maximum Gasteiger partial charge on any atom is 0.214 e. The van der Waals surface area contributed by atoms with Crippen LogP contribution in [0.4, 0.5) is 0 Å². The quantitative estimate of drug-likeness (QED) is 0.728. The van der Waals surface area contributed by atoms with Gasteiger partial charge in [0.2, 0.25) is 5.88 Å². The van der Waals surface area contributed by atoms with Crippen molar-refractivity contribution in [2.45, 2.75) is 65.0 Å². The lowest BCUT2D eigenvalue weighted by molar-refractivity contribution is 0.114. The number of pyridine rings is 1. The average molecular weight is 262 g/mol. The summed E-state index contributed by atoms with van der Waals surface area (Å²) >= 11 is 0. The summed E-state index contributed by atoms with van der Waals surface area (Å²) in [6.45, 7) is 6.35. The minimum absolute atomic E-state index is 0.404. The molecule has 0 amide bonds. The molecule has 0 spiro atoms. The van der Waals surface area contributed by atoms with Crippen molar-refractivity contribution in [3.8, 4) is 5.88 Å². The van der Waals surface area contributed by atoms with Crippen molar-refractivity contribution in [1.29, 1.82) is 0 Å². The van der Waals surface area contributed by atoms with Crippen LogP contribution in [0.25, 0.3) is 0 Å². The first kappa shape index (κ1) is 14.3. The molecule has 1 heterocycles. The first-order chi connectivity index (χ1) is 9.31. The smallest absolute Gasteiger partial charge is 0.214 e. The third-order valence-corrected chi connectivity index (χ3v) is 3.52. The van der Waals surface area contributed by atoms with Gasteiger partial charge in [-0.2, -0.15) is 0 Å². The second-order valence-corrected chi connectivity index (χ2v) is 5.40. The molecule has 1 fully saturated rings. The van der Waals surface area contributed by atoms with Crippen LogP contribution in [0.15, 0.2) is 12.1 Å². The fraction of sp³-hybridized carbons (Fsp3) is 0.688. The predicted molar refractivity (Wildman–Crippen MR) is 78.5 cm³/mol. The molecule has 1 aromatic rings. The summed E-state index contributed by atoms with van der Waals surface area (Å²) < 4.78 is 5.95. The zero-order valence-corrected chi connectivity index (χ0v) is 12.2. The molecule has 1 N–H and O–H groups in total. The molecule has 1 saturated carbocycles. The van der Waals surface area contributed by atoms with Crippen LogP contribution in [0.2, 0.25) is 0 Å².